The lowest BCUT2D eigenvalue weighted by atomic mass is 9.93. The molecule has 4 heteroatoms. The molecule has 0 saturated carbocycles. The third-order valence-corrected chi connectivity index (χ3v) is 5.88. The lowest BCUT2D eigenvalue weighted by Crippen LogP contribution is -2.45. The van der Waals surface area contributed by atoms with Gasteiger partial charge in [-0.3, -0.25) is 4.90 Å². The van der Waals surface area contributed by atoms with Gasteiger partial charge in [0.05, 0.1) is 5.69 Å². The summed E-state index contributed by atoms with van der Waals surface area (Å²) < 4.78 is 0. The second kappa shape index (κ2) is 9.19. The molecule has 2 heterocycles. The molecule has 2 atom stereocenters. The van der Waals surface area contributed by atoms with Crippen LogP contribution in [0.5, 0.6) is 0 Å². The predicted octanol–water partition coefficient (Wildman–Crippen LogP) is 5.03. The molecule has 4 nitrogen and oxygen atoms in total. The van der Waals surface area contributed by atoms with Gasteiger partial charge in [-0.15, -0.1) is 10.2 Å². The van der Waals surface area contributed by atoms with Crippen molar-refractivity contribution in [3.63, 3.8) is 0 Å². The second-order valence-corrected chi connectivity index (χ2v) is 8.06. The fourth-order valence-electron chi connectivity index (χ4n) is 4.18. The van der Waals surface area contributed by atoms with Crippen molar-refractivity contribution < 1.29 is 0 Å². The molecular weight excluding hydrogens is 356 g/mol. The SMILES string of the molecule is CCc1cc(-c2ccccc2)nnc1NC1CCN(Cc2ccccc2)CC1C. The van der Waals surface area contributed by atoms with E-state index in [4.69, 9.17) is 0 Å². The Bertz CT molecular complexity index is 911. The minimum absolute atomic E-state index is 0.434. The summed E-state index contributed by atoms with van der Waals surface area (Å²) >= 11 is 0. The summed E-state index contributed by atoms with van der Waals surface area (Å²) in [5.74, 6) is 1.51. The molecule has 0 aliphatic carbocycles. The highest BCUT2D eigenvalue weighted by molar-refractivity contribution is 5.61. The number of nitrogens with one attached hydrogen (secondary N) is 1. The molecule has 0 bridgehead atoms. The van der Waals surface area contributed by atoms with E-state index >= 15 is 0 Å². The van der Waals surface area contributed by atoms with Crippen LogP contribution in [-0.2, 0) is 13.0 Å². The van der Waals surface area contributed by atoms with Crippen LogP contribution in [0.25, 0.3) is 11.3 Å². The fourth-order valence-corrected chi connectivity index (χ4v) is 4.18. The number of piperidine rings is 1. The standard InChI is InChI=1S/C25H30N4/c1-3-21-16-24(22-12-8-5-9-13-22)27-28-25(21)26-23-14-15-29(17-19(23)2)18-20-10-6-4-7-11-20/h4-13,16,19,23H,3,14-15,17-18H2,1-2H3,(H,26,28). The van der Waals surface area contributed by atoms with Gasteiger partial charge in [-0.2, -0.15) is 0 Å². The van der Waals surface area contributed by atoms with Crippen molar-refractivity contribution in [1.82, 2.24) is 15.1 Å². The number of likely N-dealkylation sites (tertiary alicyclic amines) is 1. The Morgan fingerprint density at radius 3 is 2.41 bits per heavy atom. The van der Waals surface area contributed by atoms with Crippen LogP contribution in [0, 0.1) is 5.92 Å². The van der Waals surface area contributed by atoms with Gasteiger partial charge in [0.25, 0.3) is 0 Å². The molecule has 1 aromatic heterocycles. The number of rotatable bonds is 6. The fraction of sp³-hybridized carbons (Fsp3) is 0.360. The van der Waals surface area contributed by atoms with Crippen LogP contribution in [0.4, 0.5) is 5.82 Å². The molecule has 29 heavy (non-hydrogen) atoms. The average molecular weight is 387 g/mol. The van der Waals surface area contributed by atoms with E-state index in [9.17, 15) is 0 Å². The molecule has 1 fully saturated rings. The van der Waals surface area contributed by atoms with Crippen LogP contribution < -0.4 is 5.32 Å². The largest absolute Gasteiger partial charge is 0.365 e. The Balaban J connectivity index is 1.41. The molecule has 2 aromatic carbocycles. The average Bonchev–Trinajstić information content (AvgIpc) is 2.77. The first-order valence-electron chi connectivity index (χ1n) is 10.7. The Kier molecular flexibility index (Phi) is 6.20. The smallest absolute Gasteiger partial charge is 0.152 e. The van der Waals surface area contributed by atoms with Crippen molar-refractivity contribution in [2.45, 2.75) is 39.3 Å². The Morgan fingerprint density at radius 2 is 1.72 bits per heavy atom. The zero-order valence-corrected chi connectivity index (χ0v) is 17.4. The van der Waals surface area contributed by atoms with Crippen LogP contribution >= 0.6 is 0 Å². The van der Waals surface area contributed by atoms with E-state index in [1.165, 1.54) is 11.1 Å². The maximum atomic E-state index is 4.57. The first-order chi connectivity index (χ1) is 14.2. The summed E-state index contributed by atoms with van der Waals surface area (Å²) in [4.78, 5) is 2.56. The summed E-state index contributed by atoms with van der Waals surface area (Å²) in [5, 5.41) is 12.8. The van der Waals surface area contributed by atoms with Crippen molar-refractivity contribution in [1.29, 1.82) is 0 Å². The Labute approximate surface area is 174 Å². The van der Waals surface area contributed by atoms with Crippen molar-refractivity contribution in [3.8, 4) is 11.3 Å². The van der Waals surface area contributed by atoms with Crippen molar-refractivity contribution in [2.24, 2.45) is 5.92 Å². The maximum absolute atomic E-state index is 4.57. The minimum atomic E-state index is 0.434. The zero-order chi connectivity index (χ0) is 20.1. The van der Waals surface area contributed by atoms with E-state index in [1.807, 2.05) is 18.2 Å². The van der Waals surface area contributed by atoms with Gasteiger partial charge in [-0.1, -0.05) is 74.5 Å². The number of aromatic nitrogens is 2. The quantitative estimate of drug-likeness (QED) is 0.645. The van der Waals surface area contributed by atoms with Gasteiger partial charge in [-0.05, 0) is 36.0 Å². The summed E-state index contributed by atoms with van der Waals surface area (Å²) in [6.07, 6.45) is 2.07. The number of benzene rings is 2. The molecule has 0 radical (unpaired) electrons. The van der Waals surface area contributed by atoms with Gasteiger partial charge >= 0.3 is 0 Å². The van der Waals surface area contributed by atoms with E-state index in [-0.39, 0.29) is 0 Å². The summed E-state index contributed by atoms with van der Waals surface area (Å²) in [5.41, 5.74) is 4.68. The van der Waals surface area contributed by atoms with Crippen LogP contribution in [0.3, 0.4) is 0 Å². The van der Waals surface area contributed by atoms with Crippen LogP contribution in [0.15, 0.2) is 66.7 Å². The summed E-state index contributed by atoms with van der Waals surface area (Å²) in [7, 11) is 0. The highest BCUT2D eigenvalue weighted by Crippen LogP contribution is 2.25. The maximum Gasteiger partial charge on any atom is 0.152 e. The van der Waals surface area contributed by atoms with Gasteiger partial charge in [0.2, 0.25) is 0 Å². The molecule has 1 aliphatic rings. The van der Waals surface area contributed by atoms with Crippen LogP contribution in [0.2, 0.25) is 0 Å². The molecule has 0 spiro atoms. The van der Waals surface area contributed by atoms with Gasteiger partial charge in [-0.25, -0.2) is 0 Å². The third kappa shape index (κ3) is 4.83. The van der Waals surface area contributed by atoms with Crippen LogP contribution in [0.1, 0.15) is 31.4 Å². The number of anilines is 1. The number of nitrogens with zero attached hydrogens (tertiary/aromatic N) is 3. The van der Waals surface area contributed by atoms with E-state index < -0.39 is 0 Å². The first kappa shape index (κ1) is 19.6. The van der Waals surface area contributed by atoms with Crippen LogP contribution in [-0.4, -0.2) is 34.2 Å². The topological polar surface area (TPSA) is 41.1 Å². The minimum Gasteiger partial charge on any atom is -0.365 e. The summed E-state index contributed by atoms with van der Waals surface area (Å²) in [6, 6.07) is 23.6. The molecule has 4 rings (SSSR count). The van der Waals surface area contributed by atoms with Gasteiger partial charge in [0.1, 0.15) is 0 Å². The number of aryl methyl sites for hydroxylation is 1. The lowest BCUT2D eigenvalue weighted by molar-refractivity contribution is 0.164. The molecule has 0 amide bonds. The van der Waals surface area contributed by atoms with E-state index in [0.717, 1.165) is 49.6 Å². The number of hydrogen-bond acceptors (Lipinski definition) is 4. The van der Waals surface area contributed by atoms with Gasteiger partial charge < -0.3 is 5.32 Å². The zero-order valence-electron chi connectivity index (χ0n) is 17.4. The highest BCUT2D eigenvalue weighted by atomic mass is 15.2. The normalized spacial score (nSPS) is 19.8. The molecule has 1 saturated heterocycles. The molecule has 2 unspecified atom stereocenters. The number of hydrogen-bond donors (Lipinski definition) is 1. The lowest BCUT2D eigenvalue weighted by Gasteiger charge is -2.37. The monoisotopic (exact) mass is 386 g/mol. The summed E-state index contributed by atoms with van der Waals surface area (Å²) in [6.45, 7) is 7.76. The molecule has 150 valence electrons. The molecule has 1 aliphatic heterocycles. The van der Waals surface area contributed by atoms with Crippen molar-refractivity contribution >= 4 is 5.82 Å². The highest BCUT2D eigenvalue weighted by Gasteiger charge is 2.27. The Hall–Kier alpha value is -2.72. The first-order valence-corrected chi connectivity index (χ1v) is 10.7. The third-order valence-electron chi connectivity index (χ3n) is 5.88. The van der Waals surface area contributed by atoms with Gasteiger partial charge in [0, 0.05) is 31.2 Å². The second-order valence-electron chi connectivity index (χ2n) is 8.06. The van der Waals surface area contributed by atoms with E-state index in [1.54, 1.807) is 0 Å². The van der Waals surface area contributed by atoms with Gasteiger partial charge in [0.15, 0.2) is 5.82 Å². The molecule has 1 N–H and O–H groups in total. The van der Waals surface area contributed by atoms with E-state index in [2.05, 4.69) is 82.8 Å². The Morgan fingerprint density at radius 1 is 1.00 bits per heavy atom. The molecule has 3 aromatic rings. The molecular formula is C25H30N4. The van der Waals surface area contributed by atoms with Crippen molar-refractivity contribution in [3.05, 3.63) is 77.9 Å². The van der Waals surface area contributed by atoms with E-state index in [0.29, 0.717) is 12.0 Å². The van der Waals surface area contributed by atoms with Crippen molar-refractivity contribution in [2.75, 3.05) is 18.4 Å². The predicted molar refractivity (Wildman–Crippen MR) is 120 cm³/mol.